The molecule has 0 atom stereocenters. The van der Waals surface area contributed by atoms with E-state index in [4.69, 9.17) is 0 Å². The van der Waals surface area contributed by atoms with Crippen molar-refractivity contribution in [2.45, 2.75) is 27.7 Å². The smallest absolute Gasteiger partial charge is 0.0105 e. The third-order valence-electron chi connectivity index (χ3n) is 3.85. The molecule has 0 aliphatic heterocycles. The summed E-state index contributed by atoms with van der Waals surface area (Å²) in [5.41, 5.74) is 2.54. The van der Waals surface area contributed by atoms with Crippen molar-refractivity contribution in [3.05, 3.63) is 84.9 Å². The number of benzene rings is 4. The summed E-state index contributed by atoms with van der Waals surface area (Å²) in [6.07, 6.45) is 0. The molecule has 0 aromatic heterocycles. The van der Waals surface area contributed by atoms with Gasteiger partial charge in [-0.3, -0.25) is 0 Å². The van der Waals surface area contributed by atoms with Crippen molar-refractivity contribution in [3.63, 3.8) is 0 Å². The monoisotopic (exact) mass is 314 g/mol. The molecule has 0 saturated carbocycles. The highest BCUT2D eigenvalue weighted by Gasteiger charge is 2.02. The first kappa shape index (κ1) is 17.7. The first-order valence-electron chi connectivity index (χ1n) is 8.89. The van der Waals surface area contributed by atoms with Gasteiger partial charge in [0.05, 0.1) is 0 Å². The van der Waals surface area contributed by atoms with Crippen LogP contribution in [0.4, 0.5) is 0 Å². The highest BCUT2D eigenvalue weighted by molar-refractivity contribution is 6.08. The van der Waals surface area contributed by atoms with Crippen LogP contribution in [-0.2, 0) is 0 Å². The molecule has 4 aromatic rings. The van der Waals surface area contributed by atoms with Gasteiger partial charge in [-0.15, -0.1) is 0 Å². The van der Waals surface area contributed by atoms with Crippen molar-refractivity contribution < 1.29 is 0 Å². The molecule has 0 spiro atoms. The zero-order valence-corrected chi connectivity index (χ0v) is 15.1. The van der Waals surface area contributed by atoms with Crippen LogP contribution in [0.1, 0.15) is 27.7 Å². The normalized spacial score (nSPS) is 9.67. The lowest BCUT2D eigenvalue weighted by Gasteiger charge is -2.07. The lowest BCUT2D eigenvalue weighted by atomic mass is 9.97. The summed E-state index contributed by atoms with van der Waals surface area (Å²) >= 11 is 0. The van der Waals surface area contributed by atoms with Crippen molar-refractivity contribution in [2.75, 3.05) is 0 Å². The first-order chi connectivity index (χ1) is 11.9. The van der Waals surface area contributed by atoms with E-state index in [1.54, 1.807) is 0 Å². The molecule has 0 bridgehead atoms. The maximum atomic E-state index is 2.27. The summed E-state index contributed by atoms with van der Waals surface area (Å²) in [4.78, 5) is 0. The summed E-state index contributed by atoms with van der Waals surface area (Å²) in [6.45, 7) is 8.00. The van der Waals surface area contributed by atoms with Gasteiger partial charge in [-0.05, 0) is 38.7 Å². The molecule has 0 nitrogen and oxygen atoms in total. The maximum absolute atomic E-state index is 2.27. The van der Waals surface area contributed by atoms with Crippen LogP contribution in [0.15, 0.2) is 84.9 Å². The maximum Gasteiger partial charge on any atom is -0.0105 e. The lowest BCUT2D eigenvalue weighted by molar-refractivity contribution is 1.50. The van der Waals surface area contributed by atoms with Crippen molar-refractivity contribution in [1.82, 2.24) is 0 Å². The van der Waals surface area contributed by atoms with Gasteiger partial charge in [0, 0.05) is 0 Å². The van der Waals surface area contributed by atoms with E-state index in [1.807, 2.05) is 27.7 Å². The average molecular weight is 314 g/mol. The minimum absolute atomic E-state index is 1.27. The summed E-state index contributed by atoms with van der Waals surface area (Å²) < 4.78 is 0. The minimum atomic E-state index is 1.27. The van der Waals surface area contributed by atoms with Gasteiger partial charge in [0.2, 0.25) is 0 Å². The third-order valence-corrected chi connectivity index (χ3v) is 3.85. The number of hydrogen-bond donors (Lipinski definition) is 0. The third kappa shape index (κ3) is 3.65. The molecule has 0 saturated heterocycles. The molecular weight excluding hydrogens is 288 g/mol. The number of rotatable bonds is 1. The molecule has 0 radical (unpaired) electrons. The Hall–Kier alpha value is -2.60. The predicted octanol–water partition coefficient (Wildman–Crippen LogP) is 7.71. The Morgan fingerprint density at radius 2 is 1.00 bits per heavy atom. The lowest BCUT2D eigenvalue weighted by Crippen LogP contribution is -1.80. The fourth-order valence-electron chi connectivity index (χ4n) is 2.82. The molecule has 4 aromatic carbocycles. The standard InChI is InChI=1S/C20H14.2C2H6/c1-2-6-15(7-3-1)17-12-13-20-18(14-17)11-10-16-8-4-5-9-19(16)20;2*1-2/h1-14H;2*1-2H3. The molecule has 0 amide bonds. The van der Waals surface area contributed by atoms with Gasteiger partial charge < -0.3 is 0 Å². The van der Waals surface area contributed by atoms with Gasteiger partial charge in [-0.2, -0.15) is 0 Å². The quantitative estimate of drug-likeness (QED) is 0.315. The van der Waals surface area contributed by atoms with Crippen LogP contribution in [0.25, 0.3) is 32.7 Å². The second kappa shape index (κ2) is 8.88. The largest absolute Gasteiger partial charge is 0.0683 e. The van der Waals surface area contributed by atoms with Crippen molar-refractivity contribution in [3.8, 4) is 11.1 Å². The van der Waals surface area contributed by atoms with Crippen molar-refractivity contribution >= 4 is 21.5 Å². The van der Waals surface area contributed by atoms with E-state index in [2.05, 4.69) is 84.9 Å². The Morgan fingerprint density at radius 1 is 0.417 bits per heavy atom. The van der Waals surface area contributed by atoms with Crippen LogP contribution < -0.4 is 0 Å². The summed E-state index contributed by atoms with van der Waals surface area (Å²) in [5.74, 6) is 0. The molecule has 0 unspecified atom stereocenters. The predicted molar refractivity (Wildman–Crippen MR) is 110 cm³/mol. The van der Waals surface area contributed by atoms with Crippen molar-refractivity contribution in [1.29, 1.82) is 0 Å². The Bertz CT molecular complexity index is 889. The van der Waals surface area contributed by atoms with Gasteiger partial charge in [-0.25, -0.2) is 0 Å². The highest BCUT2D eigenvalue weighted by Crippen LogP contribution is 2.29. The molecular formula is C24H26. The molecule has 0 N–H and O–H groups in total. The topological polar surface area (TPSA) is 0 Å². The van der Waals surface area contributed by atoms with Crippen LogP contribution in [0.3, 0.4) is 0 Å². The van der Waals surface area contributed by atoms with Gasteiger partial charge in [-0.1, -0.05) is 107 Å². The van der Waals surface area contributed by atoms with Gasteiger partial charge in [0.25, 0.3) is 0 Å². The molecule has 0 aliphatic carbocycles. The number of fused-ring (bicyclic) bond motifs is 3. The Balaban J connectivity index is 0.000000487. The summed E-state index contributed by atoms with van der Waals surface area (Å²) in [5, 5.41) is 5.24. The SMILES string of the molecule is CC.CC.c1ccc(-c2ccc3c(ccc4ccccc43)c2)cc1. The van der Waals surface area contributed by atoms with E-state index in [9.17, 15) is 0 Å². The molecule has 0 aliphatic rings. The van der Waals surface area contributed by atoms with E-state index in [-0.39, 0.29) is 0 Å². The van der Waals surface area contributed by atoms with E-state index in [1.165, 1.54) is 32.7 Å². The van der Waals surface area contributed by atoms with E-state index < -0.39 is 0 Å². The van der Waals surface area contributed by atoms with Crippen LogP contribution in [0.2, 0.25) is 0 Å². The van der Waals surface area contributed by atoms with E-state index in [0.29, 0.717) is 0 Å². The first-order valence-corrected chi connectivity index (χ1v) is 8.89. The fraction of sp³-hybridized carbons (Fsp3) is 0.167. The molecule has 0 fully saturated rings. The minimum Gasteiger partial charge on any atom is -0.0683 e. The molecule has 4 rings (SSSR count). The van der Waals surface area contributed by atoms with Gasteiger partial charge >= 0.3 is 0 Å². The zero-order chi connectivity index (χ0) is 17.4. The second-order valence-electron chi connectivity index (χ2n) is 5.09. The average Bonchev–Trinajstić information content (AvgIpc) is 2.71. The Morgan fingerprint density at radius 3 is 1.75 bits per heavy atom. The molecule has 0 heterocycles. The molecule has 24 heavy (non-hydrogen) atoms. The van der Waals surface area contributed by atoms with Crippen LogP contribution in [0, 0.1) is 0 Å². The van der Waals surface area contributed by atoms with Gasteiger partial charge in [0.15, 0.2) is 0 Å². The van der Waals surface area contributed by atoms with Crippen LogP contribution in [0.5, 0.6) is 0 Å². The Kier molecular flexibility index (Phi) is 6.57. The second-order valence-corrected chi connectivity index (χ2v) is 5.09. The summed E-state index contributed by atoms with van der Waals surface area (Å²) in [6, 6.07) is 30.2. The van der Waals surface area contributed by atoms with Crippen LogP contribution in [-0.4, -0.2) is 0 Å². The van der Waals surface area contributed by atoms with Crippen molar-refractivity contribution in [2.24, 2.45) is 0 Å². The van der Waals surface area contributed by atoms with Gasteiger partial charge in [0.1, 0.15) is 0 Å². The molecule has 0 heteroatoms. The number of hydrogen-bond acceptors (Lipinski definition) is 0. The molecule has 122 valence electrons. The highest BCUT2D eigenvalue weighted by atomic mass is 14.1. The van der Waals surface area contributed by atoms with E-state index in [0.717, 1.165) is 0 Å². The fourth-order valence-corrected chi connectivity index (χ4v) is 2.82. The zero-order valence-electron chi connectivity index (χ0n) is 15.1. The summed E-state index contributed by atoms with van der Waals surface area (Å²) in [7, 11) is 0. The Labute approximate surface area is 145 Å². The van der Waals surface area contributed by atoms with Crippen LogP contribution >= 0.6 is 0 Å². The van der Waals surface area contributed by atoms with E-state index >= 15 is 0 Å².